The van der Waals surface area contributed by atoms with Crippen molar-refractivity contribution < 1.29 is 4.79 Å². The van der Waals surface area contributed by atoms with Gasteiger partial charge in [0.1, 0.15) is 11.8 Å². The first-order valence-corrected chi connectivity index (χ1v) is 6.88. The number of amides is 1. The lowest BCUT2D eigenvalue weighted by Crippen LogP contribution is -2.14. The van der Waals surface area contributed by atoms with Crippen molar-refractivity contribution in [2.75, 3.05) is 5.32 Å². The molecule has 7 heteroatoms. The third-order valence-electron chi connectivity index (χ3n) is 2.37. The fraction of sp³-hybridized carbons (Fsp3) is 0. The van der Waals surface area contributed by atoms with Gasteiger partial charge in [-0.3, -0.25) is 4.79 Å². The second-order valence-electron chi connectivity index (χ2n) is 3.74. The van der Waals surface area contributed by atoms with Gasteiger partial charge in [0.15, 0.2) is 0 Å². The standard InChI is InChI=1S/C13H6BrCl2N3O/c14-8-3-9(15)12(10(16)4-8)19-13(20)11-2-1-7(5-17)6-18-11/h1-4,6H,(H,19,20). The van der Waals surface area contributed by atoms with Crippen molar-refractivity contribution in [1.82, 2.24) is 4.98 Å². The Labute approximate surface area is 133 Å². The van der Waals surface area contributed by atoms with Crippen LogP contribution in [0.2, 0.25) is 10.0 Å². The maximum Gasteiger partial charge on any atom is 0.274 e. The Balaban J connectivity index is 2.26. The highest BCUT2D eigenvalue weighted by Gasteiger charge is 2.13. The molecule has 0 saturated carbocycles. The molecule has 2 aromatic rings. The van der Waals surface area contributed by atoms with Crippen LogP contribution in [0.15, 0.2) is 34.9 Å². The smallest absolute Gasteiger partial charge is 0.274 e. The van der Waals surface area contributed by atoms with Crippen LogP contribution in [0, 0.1) is 11.3 Å². The molecule has 0 bridgehead atoms. The van der Waals surface area contributed by atoms with E-state index in [1.807, 2.05) is 6.07 Å². The number of pyridine rings is 1. The molecule has 20 heavy (non-hydrogen) atoms. The van der Waals surface area contributed by atoms with Gasteiger partial charge in [0.2, 0.25) is 0 Å². The molecule has 0 saturated heterocycles. The quantitative estimate of drug-likeness (QED) is 0.858. The molecule has 0 unspecified atom stereocenters. The van der Waals surface area contributed by atoms with Crippen LogP contribution in [-0.2, 0) is 0 Å². The van der Waals surface area contributed by atoms with Gasteiger partial charge < -0.3 is 5.32 Å². The molecule has 0 aliphatic rings. The molecule has 0 aliphatic carbocycles. The van der Waals surface area contributed by atoms with Gasteiger partial charge in [-0.25, -0.2) is 4.98 Å². The van der Waals surface area contributed by atoms with E-state index in [1.165, 1.54) is 18.3 Å². The number of nitriles is 1. The molecule has 1 heterocycles. The number of nitrogens with zero attached hydrogens (tertiary/aromatic N) is 2. The lowest BCUT2D eigenvalue weighted by atomic mass is 10.2. The third kappa shape index (κ3) is 3.28. The first-order valence-electron chi connectivity index (χ1n) is 5.33. The average Bonchev–Trinajstić information content (AvgIpc) is 2.42. The molecule has 1 aromatic heterocycles. The van der Waals surface area contributed by atoms with Gasteiger partial charge in [0.05, 0.1) is 21.3 Å². The van der Waals surface area contributed by atoms with Crippen LogP contribution in [0.1, 0.15) is 16.1 Å². The number of carbonyl (C=O) groups is 1. The predicted molar refractivity (Wildman–Crippen MR) is 81.1 cm³/mol. The van der Waals surface area contributed by atoms with Crippen LogP contribution >= 0.6 is 39.1 Å². The van der Waals surface area contributed by atoms with E-state index < -0.39 is 5.91 Å². The Morgan fingerprint density at radius 2 is 1.95 bits per heavy atom. The summed E-state index contributed by atoms with van der Waals surface area (Å²) in [5, 5.41) is 11.9. The van der Waals surface area contributed by atoms with E-state index in [4.69, 9.17) is 28.5 Å². The molecule has 0 radical (unpaired) electrons. The van der Waals surface area contributed by atoms with Gasteiger partial charge in [0.25, 0.3) is 5.91 Å². The highest BCUT2D eigenvalue weighted by Crippen LogP contribution is 2.33. The number of benzene rings is 1. The maximum absolute atomic E-state index is 12.0. The fourth-order valence-corrected chi connectivity index (χ4v) is 2.74. The summed E-state index contributed by atoms with van der Waals surface area (Å²) < 4.78 is 0.710. The van der Waals surface area contributed by atoms with Crippen LogP contribution in [0.5, 0.6) is 0 Å². The molecule has 1 amide bonds. The number of rotatable bonds is 2. The van der Waals surface area contributed by atoms with Gasteiger partial charge in [-0.05, 0) is 24.3 Å². The fourth-order valence-electron chi connectivity index (χ4n) is 1.43. The van der Waals surface area contributed by atoms with E-state index >= 15 is 0 Å². The van der Waals surface area contributed by atoms with Crippen molar-refractivity contribution in [3.05, 3.63) is 56.2 Å². The SMILES string of the molecule is N#Cc1ccc(C(=O)Nc2c(Cl)cc(Br)cc2Cl)nc1. The normalized spacial score (nSPS) is 9.90. The molecule has 1 N–H and O–H groups in total. The van der Waals surface area contributed by atoms with E-state index in [0.717, 1.165) is 0 Å². The Hall–Kier alpha value is -1.61. The third-order valence-corrected chi connectivity index (χ3v) is 3.42. The van der Waals surface area contributed by atoms with Gasteiger partial charge in [-0.15, -0.1) is 0 Å². The topological polar surface area (TPSA) is 65.8 Å². The van der Waals surface area contributed by atoms with E-state index in [-0.39, 0.29) is 5.69 Å². The molecule has 0 aliphatic heterocycles. The largest absolute Gasteiger partial charge is 0.318 e. The van der Waals surface area contributed by atoms with Crippen LogP contribution in [0.3, 0.4) is 0 Å². The highest BCUT2D eigenvalue weighted by molar-refractivity contribution is 9.10. The van der Waals surface area contributed by atoms with E-state index in [0.29, 0.717) is 25.8 Å². The summed E-state index contributed by atoms with van der Waals surface area (Å²) >= 11 is 15.3. The summed E-state index contributed by atoms with van der Waals surface area (Å²) in [4.78, 5) is 15.9. The Morgan fingerprint density at radius 3 is 2.45 bits per heavy atom. The van der Waals surface area contributed by atoms with Gasteiger partial charge >= 0.3 is 0 Å². The van der Waals surface area contributed by atoms with Crippen LogP contribution in [0.4, 0.5) is 5.69 Å². The molecule has 100 valence electrons. The van der Waals surface area contributed by atoms with Crippen molar-refractivity contribution in [2.45, 2.75) is 0 Å². The van der Waals surface area contributed by atoms with E-state index in [1.54, 1.807) is 12.1 Å². The van der Waals surface area contributed by atoms with E-state index in [2.05, 4.69) is 26.2 Å². The predicted octanol–water partition coefficient (Wildman–Crippen LogP) is 4.27. The highest BCUT2D eigenvalue weighted by atomic mass is 79.9. The first-order chi connectivity index (χ1) is 9.51. The zero-order valence-corrected chi connectivity index (χ0v) is 12.9. The summed E-state index contributed by atoms with van der Waals surface area (Å²) in [5.41, 5.74) is 0.855. The van der Waals surface area contributed by atoms with Crippen molar-refractivity contribution in [3.8, 4) is 6.07 Å². The maximum atomic E-state index is 12.0. The van der Waals surface area contributed by atoms with Crippen molar-refractivity contribution >= 4 is 50.7 Å². The molecular weight excluding hydrogens is 365 g/mol. The lowest BCUT2D eigenvalue weighted by Gasteiger charge is -2.09. The zero-order chi connectivity index (χ0) is 14.7. The molecule has 0 fully saturated rings. The first kappa shape index (κ1) is 14.8. The zero-order valence-electron chi connectivity index (χ0n) is 9.82. The molecule has 2 rings (SSSR count). The number of nitrogens with one attached hydrogen (secondary N) is 1. The van der Waals surface area contributed by atoms with Gasteiger partial charge in [-0.1, -0.05) is 39.1 Å². The molecular formula is C13H6BrCl2N3O. The number of hydrogen-bond donors (Lipinski definition) is 1. The molecule has 0 spiro atoms. The van der Waals surface area contributed by atoms with Crippen LogP contribution in [0.25, 0.3) is 0 Å². The molecule has 0 atom stereocenters. The lowest BCUT2D eigenvalue weighted by molar-refractivity contribution is 0.102. The van der Waals surface area contributed by atoms with Crippen molar-refractivity contribution in [1.29, 1.82) is 5.26 Å². The molecule has 4 nitrogen and oxygen atoms in total. The summed E-state index contributed by atoms with van der Waals surface area (Å²) in [6.45, 7) is 0. The summed E-state index contributed by atoms with van der Waals surface area (Å²) in [6, 6.07) is 8.13. The van der Waals surface area contributed by atoms with Crippen molar-refractivity contribution in [2.24, 2.45) is 0 Å². The van der Waals surface area contributed by atoms with Crippen LogP contribution < -0.4 is 5.32 Å². The molecule has 1 aromatic carbocycles. The second-order valence-corrected chi connectivity index (χ2v) is 5.47. The minimum atomic E-state index is -0.458. The monoisotopic (exact) mass is 369 g/mol. The summed E-state index contributed by atoms with van der Waals surface area (Å²) in [6.07, 6.45) is 1.32. The van der Waals surface area contributed by atoms with E-state index in [9.17, 15) is 4.79 Å². The van der Waals surface area contributed by atoms with Gasteiger partial charge in [0, 0.05) is 10.7 Å². The number of hydrogen-bond acceptors (Lipinski definition) is 3. The number of halogens is 3. The average molecular weight is 371 g/mol. The summed E-state index contributed by atoms with van der Waals surface area (Å²) in [5.74, 6) is -0.458. The number of aromatic nitrogens is 1. The Bertz CT molecular complexity index is 688. The van der Waals surface area contributed by atoms with Crippen LogP contribution in [-0.4, -0.2) is 10.9 Å². The number of anilines is 1. The van der Waals surface area contributed by atoms with Crippen molar-refractivity contribution in [3.63, 3.8) is 0 Å². The second kappa shape index (κ2) is 6.23. The summed E-state index contributed by atoms with van der Waals surface area (Å²) in [7, 11) is 0. The number of carbonyl (C=O) groups excluding carboxylic acids is 1. The van der Waals surface area contributed by atoms with Gasteiger partial charge in [-0.2, -0.15) is 5.26 Å². The Kier molecular flexibility index (Phi) is 4.61. The Morgan fingerprint density at radius 1 is 1.30 bits per heavy atom. The minimum absolute atomic E-state index is 0.166. The minimum Gasteiger partial charge on any atom is -0.318 e.